The number of carboxylic acid groups (broad SMARTS) is 2. The number of nitrogens with two attached hydrogens (primary N) is 1. The third kappa shape index (κ3) is 2.72. The predicted molar refractivity (Wildman–Crippen MR) is 76.2 cm³/mol. The van der Waals surface area contributed by atoms with Crippen LogP contribution in [0.25, 0.3) is 0 Å². The minimum Gasteiger partial charge on any atom is -0.481 e. The van der Waals surface area contributed by atoms with Crippen LogP contribution < -0.4 is 5.73 Å². The van der Waals surface area contributed by atoms with Crippen LogP contribution in [0.4, 0.5) is 0 Å². The van der Waals surface area contributed by atoms with Crippen molar-refractivity contribution in [2.24, 2.45) is 23.5 Å². The first kappa shape index (κ1) is 17.1. The van der Waals surface area contributed by atoms with Gasteiger partial charge in [-0.15, -0.1) is 0 Å². The SMILES string of the molecule is CCOP(=O)(/C=C1/CC(N)(C(=O)O)C2C(C(=O)O)C12)OCC. The standard InChI is InChI=1S/C13H20NO7P/c1-3-20-22(19,21-4-2)6-7-5-13(14,12(17)18)10-8(7)9(10)11(15)16/h6,8-10H,3-5,14H2,1-2H3,(H,15,16)(H,17,18)/b7-6-. The summed E-state index contributed by atoms with van der Waals surface area (Å²) in [6.45, 7) is 3.63. The number of rotatable bonds is 7. The van der Waals surface area contributed by atoms with Crippen molar-refractivity contribution >= 4 is 19.5 Å². The zero-order chi connectivity index (χ0) is 16.7. The molecular weight excluding hydrogens is 313 g/mol. The largest absolute Gasteiger partial charge is 0.481 e. The maximum Gasteiger partial charge on any atom is 0.354 e. The van der Waals surface area contributed by atoms with E-state index in [1.165, 1.54) is 5.82 Å². The second-order valence-corrected chi connectivity index (χ2v) is 7.37. The number of fused-ring (bicyclic) bond motifs is 1. The summed E-state index contributed by atoms with van der Waals surface area (Å²) >= 11 is 0. The molecule has 4 atom stereocenters. The molecular formula is C13H20NO7P. The lowest BCUT2D eigenvalue weighted by molar-refractivity contribution is -0.145. The minimum absolute atomic E-state index is 0.0500. The number of carbonyl (C=O) groups is 2. The van der Waals surface area contributed by atoms with Crippen LogP contribution in [0.5, 0.6) is 0 Å². The van der Waals surface area contributed by atoms with Crippen LogP contribution in [-0.4, -0.2) is 40.9 Å². The summed E-state index contributed by atoms with van der Waals surface area (Å²) in [5.74, 6) is -3.16. The van der Waals surface area contributed by atoms with Crippen LogP contribution in [0.15, 0.2) is 11.4 Å². The van der Waals surface area contributed by atoms with Gasteiger partial charge in [-0.05, 0) is 20.3 Å². The predicted octanol–water partition coefficient (Wildman–Crippen LogP) is 1.27. The molecule has 0 aromatic rings. The Balaban J connectivity index is 2.36. The molecule has 0 bridgehead atoms. The third-order valence-electron chi connectivity index (χ3n) is 4.16. The monoisotopic (exact) mass is 333 g/mol. The summed E-state index contributed by atoms with van der Waals surface area (Å²) in [7, 11) is -3.53. The Hall–Kier alpha value is -1.21. The quantitative estimate of drug-likeness (QED) is 0.592. The van der Waals surface area contributed by atoms with Crippen LogP contribution >= 0.6 is 7.60 Å². The minimum atomic E-state index is -3.53. The van der Waals surface area contributed by atoms with Gasteiger partial charge < -0.3 is 25.0 Å². The second kappa shape index (κ2) is 5.77. The van der Waals surface area contributed by atoms with E-state index in [9.17, 15) is 24.4 Å². The van der Waals surface area contributed by atoms with E-state index < -0.39 is 42.8 Å². The van der Waals surface area contributed by atoms with Crippen molar-refractivity contribution in [2.45, 2.75) is 25.8 Å². The van der Waals surface area contributed by atoms with Gasteiger partial charge in [0, 0.05) is 17.7 Å². The van der Waals surface area contributed by atoms with Crippen molar-refractivity contribution in [3.8, 4) is 0 Å². The van der Waals surface area contributed by atoms with E-state index in [1.807, 2.05) is 0 Å². The van der Waals surface area contributed by atoms with Crippen molar-refractivity contribution in [2.75, 3.05) is 13.2 Å². The van der Waals surface area contributed by atoms with E-state index >= 15 is 0 Å². The Kier molecular flexibility index (Phi) is 4.50. The van der Waals surface area contributed by atoms with Crippen LogP contribution in [-0.2, 0) is 23.2 Å². The van der Waals surface area contributed by atoms with Gasteiger partial charge in [0.25, 0.3) is 0 Å². The highest BCUT2D eigenvalue weighted by atomic mass is 31.2. The lowest BCUT2D eigenvalue weighted by Crippen LogP contribution is -2.49. The first-order chi connectivity index (χ1) is 10.2. The molecule has 2 aliphatic rings. The molecule has 0 aliphatic heterocycles. The normalized spacial score (nSPS) is 35.4. The molecule has 8 nitrogen and oxygen atoms in total. The van der Waals surface area contributed by atoms with Gasteiger partial charge in [0.2, 0.25) is 0 Å². The smallest absolute Gasteiger partial charge is 0.354 e. The van der Waals surface area contributed by atoms with Gasteiger partial charge in [0.05, 0.1) is 19.1 Å². The van der Waals surface area contributed by atoms with Gasteiger partial charge in [-0.3, -0.25) is 14.2 Å². The number of carboxylic acids is 2. The van der Waals surface area contributed by atoms with Crippen LogP contribution in [0.2, 0.25) is 0 Å². The average Bonchev–Trinajstić information content (AvgIpc) is 3.07. The van der Waals surface area contributed by atoms with Crippen LogP contribution in [0, 0.1) is 17.8 Å². The van der Waals surface area contributed by atoms with E-state index in [-0.39, 0.29) is 19.6 Å². The number of hydrogen-bond acceptors (Lipinski definition) is 6. The van der Waals surface area contributed by atoms with Crippen molar-refractivity contribution < 1.29 is 33.4 Å². The fourth-order valence-electron chi connectivity index (χ4n) is 3.32. The maximum atomic E-state index is 12.5. The summed E-state index contributed by atoms with van der Waals surface area (Å²) in [4.78, 5) is 22.7. The fraction of sp³-hybridized carbons (Fsp3) is 0.692. The highest BCUT2D eigenvalue weighted by Crippen LogP contribution is 2.66. The summed E-state index contributed by atoms with van der Waals surface area (Å²) in [5, 5.41) is 18.5. The topological polar surface area (TPSA) is 136 Å². The van der Waals surface area contributed by atoms with Crippen molar-refractivity contribution in [1.82, 2.24) is 0 Å². The highest BCUT2D eigenvalue weighted by molar-refractivity contribution is 7.57. The molecule has 0 radical (unpaired) electrons. The lowest BCUT2D eigenvalue weighted by atomic mass is 9.90. The Labute approximate surface area is 127 Å². The molecule has 4 unspecified atom stereocenters. The molecule has 0 aromatic heterocycles. The van der Waals surface area contributed by atoms with Gasteiger partial charge in [-0.1, -0.05) is 5.57 Å². The molecule has 9 heteroatoms. The first-order valence-electron chi connectivity index (χ1n) is 7.05. The van der Waals surface area contributed by atoms with E-state index in [1.54, 1.807) is 13.8 Å². The van der Waals surface area contributed by atoms with E-state index in [2.05, 4.69) is 0 Å². The highest BCUT2D eigenvalue weighted by Gasteiger charge is 2.72. The van der Waals surface area contributed by atoms with Gasteiger partial charge >= 0.3 is 19.5 Å². The Morgan fingerprint density at radius 3 is 2.32 bits per heavy atom. The zero-order valence-electron chi connectivity index (χ0n) is 12.4. The Bertz CT molecular complexity index is 565. The lowest BCUT2D eigenvalue weighted by Gasteiger charge is -2.22. The summed E-state index contributed by atoms with van der Waals surface area (Å²) < 4.78 is 22.8. The third-order valence-corrected chi connectivity index (χ3v) is 6.05. The summed E-state index contributed by atoms with van der Waals surface area (Å²) in [6, 6.07) is 0. The first-order valence-corrected chi connectivity index (χ1v) is 8.67. The number of hydrogen-bond donors (Lipinski definition) is 3. The van der Waals surface area contributed by atoms with Gasteiger partial charge in [-0.25, -0.2) is 0 Å². The number of aliphatic carboxylic acids is 2. The molecule has 0 spiro atoms. The molecule has 124 valence electrons. The Morgan fingerprint density at radius 2 is 1.91 bits per heavy atom. The fourth-order valence-corrected chi connectivity index (χ4v) is 4.93. The molecule has 2 rings (SSSR count). The van der Waals surface area contributed by atoms with E-state index in [0.717, 1.165) is 0 Å². The molecule has 2 fully saturated rings. The Morgan fingerprint density at radius 1 is 1.36 bits per heavy atom. The van der Waals surface area contributed by atoms with Crippen LogP contribution in [0.1, 0.15) is 20.3 Å². The molecule has 0 amide bonds. The average molecular weight is 333 g/mol. The van der Waals surface area contributed by atoms with Crippen molar-refractivity contribution in [3.05, 3.63) is 11.4 Å². The van der Waals surface area contributed by atoms with E-state index in [0.29, 0.717) is 5.57 Å². The molecule has 0 heterocycles. The molecule has 0 saturated heterocycles. The molecule has 0 aromatic carbocycles. The maximum absolute atomic E-state index is 12.5. The van der Waals surface area contributed by atoms with Gasteiger partial charge in [-0.2, -0.15) is 0 Å². The molecule has 4 N–H and O–H groups in total. The molecule has 2 aliphatic carbocycles. The van der Waals surface area contributed by atoms with Gasteiger partial charge in [0.15, 0.2) is 0 Å². The van der Waals surface area contributed by atoms with E-state index in [4.69, 9.17) is 14.8 Å². The summed E-state index contributed by atoms with van der Waals surface area (Å²) in [6.07, 6.45) is -0.0500. The second-order valence-electron chi connectivity index (χ2n) is 5.52. The molecule has 2 saturated carbocycles. The summed E-state index contributed by atoms with van der Waals surface area (Å²) in [5.41, 5.74) is 4.68. The van der Waals surface area contributed by atoms with Gasteiger partial charge in [0.1, 0.15) is 5.54 Å². The van der Waals surface area contributed by atoms with Crippen LogP contribution in [0.3, 0.4) is 0 Å². The van der Waals surface area contributed by atoms with Crippen molar-refractivity contribution in [3.63, 3.8) is 0 Å². The molecule has 22 heavy (non-hydrogen) atoms. The van der Waals surface area contributed by atoms with Crippen molar-refractivity contribution in [1.29, 1.82) is 0 Å². The zero-order valence-corrected chi connectivity index (χ0v) is 13.3.